The molecule has 0 bridgehead atoms. The van der Waals surface area contributed by atoms with Gasteiger partial charge in [-0.25, -0.2) is 4.79 Å². The van der Waals surface area contributed by atoms with Crippen LogP contribution >= 0.6 is 0 Å². The maximum absolute atomic E-state index is 11.8. The van der Waals surface area contributed by atoms with Gasteiger partial charge in [-0.2, -0.15) is 0 Å². The molecule has 0 aromatic rings. The monoisotopic (exact) mass is 285 g/mol. The summed E-state index contributed by atoms with van der Waals surface area (Å²) in [4.78, 5) is 11.8. The summed E-state index contributed by atoms with van der Waals surface area (Å²) >= 11 is 0. The van der Waals surface area contributed by atoms with Crippen molar-refractivity contribution < 1.29 is 14.6 Å². The maximum Gasteiger partial charge on any atom is 0.407 e. The molecular weight excluding hydrogens is 254 g/mol. The molecular formula is C16H31NO3. The Morgan fingerprint density at radius 2 is 2.10 bits per heavy atom. The van der Waals surface area contributed by atoms with E-state index in [0.717, 1.165) is 32.1 Å². The van der Waals surface area contributed by atoms with Crippen LogP contribution in [0, 0.1) is 5.92 Å². The van der Waals surface area contributed by atoms with Gasteiger partial charge in [0.25, 0.3) is 0 Å². The molecule has 1 aliphatic rings. The van der Waals surface area contributed by atoms with Crippen molar-refractivity contribution in [1.29, 1.82) is 0 Å². The first-order valence-electron chi connectivity index (χ1n) is 7.81. The average molecular weight is 285 g/mol. The van der Waals surface area contributed by atoms with Crippen LogP contribution in [0.5, 0.6) is 0 Å². The van der Waals surface area contributed by atoms with E-state index in [1.807, 2.05) is 20.8 Å². The van der Waals surface area contributed by atoms with E-state index < -0.39 is 11.2 Å². The number of alkyl carbamates (subject to hydrolysis) is 1. The Kier molecular flexibility index (Phi) is 5.87. The molecule has 0 heterocycles. The van der Waals surface area contributed by atoms with Crippen LogP contribution in [0.3, 0.4) is 0 Å². The molecule has 1 saturated carbocycles. The molecule has 1 fully saturated rings. The number of hydrogen-bond acceptors (Lipinski definition) is 3. The van der Waals surface area contributed by atoms with Gasteiger partial charge in [-0.05, 0) is 65.2 Å². The highest BCUT2D eigenvalue weighted by Gasteiger charge is 2.35. The third-order valence-electron chi connectivity index (χ3n) is 3.73. The number of nitrogens with one attached hydrogen (secondary N) is 1. The van der Waals surface area contributed by atoms with Crippen molar-refractivity contribution in [3.8, 4) is 0 Å². The van der Waals surface area contributed by atoms with Crippen LogP contribution in [0.2, 0.25) is 0 Å². The standard InChI is InChI=1S/C16H31NO3/c1-12(2)8-10-16(19)9-6-7-13(11-16)17-14(18)20-15(3,4)5/h12-13,19H,6-11H2,1-5H3,(H,17,18). The Labute approximate surface area is 123 Å². The molecule has 4 nitrogen and oxygen atoms in total. The first-order valence-corrected chi connectivity index (χ1v) is 7.81. The fourth-order valence-electron chi connectivity index (χ4n) is 2.72. The second-order valence-electron chi connectivity index (χ2n) is 7.60. The number of carbonyl (C=O) groups excluding carboxylic acids is 1. The van der Waals surface area contributed by atoms with Crippen LogP contribution in [0.1, 0.15) is 73.1 Å². The summed E-state index contributed by atoms with van der Waals surface area (Å²) in [5.41, 5.74) is -1.10. The SMILES string of the molecule is CC(C)CCC1(O)CCCC(NC(=O)OC(C)(C)C)C1. The van der Waals surface area contributed by atoms with Gasteiger partial charge in [0.2, 0.25) is 0 Å². The fourth-order valence-corrected chi connectivity index (χ4v) is 2.72. The molecule has 0 aliphatic heterocycles. The van der Waals surface area contributed by atoms with Crippen molar-refractivity contribution in [2.24, 2.45) is 5.92 Å². The lowest BCUT2D eigenvalue weighted by molar-refractivity contribution is -0.0205. The second kappa shape index (κ2) is 6.79. The molecule has 1 rings (SSSR count). The average Bonchev–Trinajstić information content (AvgIpc) is 2.23. The first-order chi connectivity index (χ1) is 9.10. The Hall–Kier alpha value is -0.770. The Bertz CT molecular complexity index is 322. The van der Waals surface area contributed by atoms with E-state index in [9.17, 15) is 9.90 Å². The molecule has 1 aliphatic carbocycles. The minimum Gasteiger partial charge on any atom is -0.444 e. The molecule has 0 radical (unpaired) electrons. The molecule has 2 unspecified atom stereocenters. The lowest BCUT2D eigenvalue weighted by Gasteiger charge is -2.37. The molecule has 4 heteroatoms. The van der Waals surface area contributed by atoms with Gasteiger partial charge in [0.15, 0.2) is 0 Å². The van der Waals surface area contributed by atoms with Crippen molar-refractivity contribution in [2.75, 3.05) is 0 Å². The molecule has 0 aromatic heterocycles. The molecule has 2 N–H and O–H groups in total. The van der Waals surface area contributed by atoms with Crippen LogP contribution in [0.15, 0.2) is 0 Å². The fraction of sp³-hybridized carbons (Fsp3) is 0.938. The lowest BCUT2D eigenvalue weighted by Crippen LogP contribution is -2.47. The quantitative estimate of drug-likeness (QED) is 0.829. The predicted molar refractivity (Wildman–Crippen MR) is 80.6 cm³/mol. The topological polar surface area (TPSA) is 58.6 Å². The van der Waals surface area contributed by atoms with E-state index in [0.29, 0.717) is 12.3 Å². The normalized spacial score (nSPS) is 27.4. The number of rotatable bonds is 4. The summed E-state index contributed by atoms with van der Waals surface area (Å²) in [5, 5.41) is 13.5. The van der Waals surface area contributed by atoms with E-state index >= 15 is 0 Å². The third-order valence-corrected chi connectivity index (χ3v) is 3.73. The second-order valence-corrected chi connectivity index (χ2v) is 7.60. The number of aliphatic hydroxyl groups is 1. The molecule has 0 aromatic carbocycles. The summed E-state index contributed by atoms with van der Waals surface area (Å²) in [6.07, 6.45) is 4.81. The van der Waals surface area contributed by atoms with Crippen LogP contribution < -0.4 is 5.32 Å². The Morgan fingerprint density at radius 3 is 2.65 bits per heavy atom. The molecule has 0 saturated heterocycles. The van der Waals surface area contributed by atoms with E-state index in [1.54, 1.807) is 0 Å². The van der Waals surface area contributed by atoms with Crippen LogP contribution in [0.4, 0.5) is 4.79 Å². The number of amides is 1. The van der Waals surface area contributed by atoms with Gasteiger partial charge in [0.1, 0.15) is 5.60 Å². The van der Waals surface area contributed by atoms with Gasteiger partial charge in [-0.1, -0.05) is 13.8 Å². The summed E-state index contributed by atoms with van der Waals surface area (Å²) < 4.78 is 5.28. The van der Waals surface area contributed by atoms with Crippen molar-refractivity contribution in [3.63, 3.8) is 0 Å². The third kappa shape index (κ3) is 6.60. The molecule has 1 amide bonds. The molecule has 2 atom stereocenters. The van der Waals surface area contributed by atoms with E-state index in [-0.39, 0.29) is 12.1 Å². The van der Waals surface area contributed by atoms with Gasteiger partial charge >= 0.3 is 6.09 Å². The zero-order valence-corrected chi connectivity index (χ0v) is 13.7. The largest absolute Gasteiger partial charge is 0.444 e. The smallest absolute Gasteiger partial charge is 0.407 e. The highest BCUT2D eigenvalue weighted by Crippen LogP contribution is 2.33. The lowest BCUT2D eigenvalue weighted by atomic mass is 9.78. The number of hydrogen-bond donors (Lipinski definition) is 2. The number of ether oxygens (including phenoxy) is 1. The summed E-state index contributed by atoms with van der Waals surface area (Å²) in [6, 6.07) is 0.0239. The zero-order chi connectivity index (χ0) is 15.4. The van der Waals surface area contributed by atoms with Crippen molar-refractivity contribution in [2.45, 2.75) is 90.4 Å². The zero-order valence-electron chi connectivity index (χ0n) is 13.7. The van der Waals surface area contributed by atoms with E-state index in [2.05, 4.69) is 19.2 Å². The van der Waals surface area contributed by atoms with Gasteiger partial charge in [-0.15, -0.1) is 0 Å². The minimum atomic E-state index is -0.623. The van der Waals surface area contributed by atoms with Crippen molar-refractivity contribution in [3.05, 3.63) is 0 Å². The van der Waals surface area contributed by atoms with Crippen LogP contribution in [-0.4, -0.2) is 28.4 Å². The van der Waals surface area contributed by atoms with Gasteiger partial charge in [0.05, 0.1) is 5.60 Å². The minimum absolute atomic E-state index is 0.0239. The van der Waals surface area contributed by atoms with Gasteiger partial charge in [-0.3, -0.25) is 0 Å². The van der Waals surface area contributed by atoms with Crippen molar-refractivity contribution >= 4 is 6.09 Å². The van der Waals surface area contributed by atoms with E-state index in [4.69, 9.17) is 4.74 Å². The molecule has 118 valence electrons. The first kappa shape index (κ1) is 17.3. The summed E-state index contributed by atoms with van der Waals surface area (Å²) in [6.45, 7) is 9.90. The molecule has 20 heavy (non-hydrogen) atoms. The molecule has 0 spiro atoms. The van der Waals surface area contributed by atoms with Gasteiger partial charge < -0.3 is 15.2 Å². The van der Waals surface area contributed by atoms with Crippen molar-refractivity contribution in [1.82, 2.24) is 5.32 Å². The summed E-state index contributed by atoms with van der Waals surface area (Å²) in [7, 11) is 0. The highest BCUT2D eigenvalue weighted by atomic mass is 16.6. The highest BCUT2D eigenvalue weighted by molar-refractivity contribution is 5.68. The summed E-state index contributed by atoms with van der Waals surface area (Å²) in [5.74, 6) is 0.596. The van der Waals surface area contributed by atoms with Crippen LogP contribution in [0.25, 0.3) is 0 Å². The Morgan fingerprint density at radius 1 is 1.45 bits per heavy atom. The predicted octanol–water partition coefficient (Wildman–Crippen LogP) is 3.62. The van der Waals surface area contributed by atoms with E-state index in [1.165, 1.54) is 0 Å². The Balaban J connectivity index is 2.46. The van der Waals surface area contributed by atoms with Crippen LogP contribution in [-0.2, 0) is 4.74 Å². The van der Waals surface area contributed by atoms with Gasteiger partial charge in [0, 0.05) is 6.04 Å². The maximum atomic E-state index is 11.8. The number of carbonyl (C=O) groups is 1.